The van der Waals surface area contributed by atoms with E-state index in [2.05, 4.69) is 0 Å². The Hall–Kier alpha value is -1.29. The summed E-state index contributed by atoms with van der Waals surface area (Å²) < 4.78 is 18.0. The fourth-order valence-electron chi connectivity index (χ4n) is 1.48. The minimum Gasteiger partial charge on any atom is -0.494 e. The van der Waals surface area contributed by atoms with E-state index in [1.165, 1.54) is 25.3 Å². The zero-order chi connectivity index (χ0) is 12.8. The Morgan fingerprint density at radius 2 is 2.24 bits per heavy atom. The number of nitrogens with zero attached hydrogens (tertiary/aromatic N) is 1. The molecule has 3 nitrogen and oxygen atoms in total. The summed E-state index contributed by atoms with van der Waals surface area (Å²) >= 11 is 5.61. The van der Waals surface area contributed by atoms with E-state index in [0.717, 1.165) is 0 Å². The van der Waals surface area contributed by atoms with Crippen molar-refractivity contribution in [3.8, 4) is 5.75 Å². The maximum atomic E-state index is 13.2. The van der Waals surface area contributed by atoms with Crippen molar-refractivity contribution in [2.24, 2.45) is 0 Å². The predicted octanol–water partition coefficient (Wildman–Crippen LogP) is 2.54. The number of ether oxygens (including phenoxy) is 1. The van der Waals surface area contributed by atoms with E-state index in [1.807, 2.05) is 6.92 Å². The van der Waals surface area contributed by atoms with E-state index >= 15 is 0 Å². The molecular formula is C12H15ClFNO2. The molecule has 94 valence electrons. The van der Waals surface area contributed by atoms with Crippen molar-refractivity contribution < 1.29 is 13.9 Å². The molecule has 0 atom stereocenters. The molecule has 0 aliphatic carbocycles. The Kier molecular flexibility index (Phi) is 5.22. The van der Waals surface area contributed by atoms with Gasteiger partial charge in [-0.15, -0.1) is 11.6 Å². The number of benzene rings is 1. The molecule has 0 spiro atoms. The van der Waals surface area contributed by atoms with Crippen molar-refractivity contribution in [2.45, 2.75) is 6.92 Å². The van der Waals surface area contributed by atoms with E-state index < -0.39 is 5.82 Å². The van der Waals surface area contributed by atoms with Crippen molar-refractivity contribution in [1.29, 1.82) is 0 Å². The average molecular weight is 260 g/mol. The smallest absolute Gasteiger partial charge is 0.254 e. The zero-order valence-electron chi connectivity index (χ0n) is 9.87. The van der Waals surface area contributed by atoms with Crippen molar-refractivity contribution in [3.63, 3.8) is 0 Å². The van der Waals surface area contributed by atoms with Gasteiger partial charge in [-0.25, -0.2) is 4.39 Å². The number of hydrogen-bond acceptors (Lipinski definition) is 2. The number of carbonyl (C=O) groups is 1. The molecule has 0 aliphatic rings. The van der Waals surface area contributed by atoms with Gasteiger partial charge in [0.25, 0.3) is 5.91 Å². The summed E-state index contributed by atoms with van der Waals surface area (Å²) in [7, 11) is 1.36. The molecule has 0 heterocycles. The molecular weight excluding hydrogens is 245 g/mol. The quantitative estimate of drug-likeness (QED) is 0.761. The van der Waals surface area contributed by atoms with Crippen LogP contribution in [0.1, 0.15) is 17.3 Å². The van der Waals surface area contributed by atoms with E-state index in [0.29, 0.717) is 24.5 Å². The van der Waals surface area contributed by atoms with Gasteiger partial charge in [-0.2, -0.15) is 0 Å². The topological polar surface area (TPSA) is 29.5 Å². The van der Waals surface area contributed by atoms with Crippen molar-refractivity contribution in [2.75, 3.05) is 26.1 Å². The highest BCUT2D eigenvalue weighted by Crippen LogP contribution is 2.19. The Labute approximate surface area is 105 Å². The molecule has 1 aromatic carbocycles. The first-order valence-electron chi connectivity index (χ1n) is 5.32. The fraction of sp³-hybridized carbons (Fsp3) is 0.417. The van der Waals surface area contributed by atoms with Crippen molar-refractivity contribution in [3.05, 3.63) is 29.6 Å². The number of rotatable bonds is 5. The van der Waals surface area contributed by atoms with Crippen LogP contribution in [0.3, 0.4) is 0 Å². The molecule has 1 rings (SSSR count). The predicted molar refractivity (Wildman–Crippen MR) is 65.2 cm³/mol. The summed E-state index contributed by atoms with van der Waals surface area (Å²) in [5, 5.41) is 0. The van der Waals surface area contributed by atoms with Gasteiger partial charge in [0.15, 0.2) is 11.6 Å². The third-order valence-corrected chi connectivity index (χ3v) is 2.59. The number of hydrogen-bond donors (Lipinski definition) is 0. The minimum atomic E-state index is -0.482. The third kappa shape index (κ3) is 3.33. The lowest BCUT2D eigenvalue weighted by molar-refractivity contribution is 0.0773. The number of methoxy groups -OCH3 is 1. The van der Waals surface area contributed by atoms with Crippen LogP contribution in [-0.2, 0) is 0 Å². The zero-order valence-corrected chi connectivity index (χ0v) is 10.6. The average Bonchev–Trinajstić information content (AvgIpc) is 2.35. The second kappa shape index (κ2) is 6.45. The van der Waals surface area contributed by atoms with Gasteiger partial charge in [0.05, 0.1) is 7.11 Å². The van der Waals surface area contributed by atoms with Crippen LogP contribution in [0.4, 0.5) is 4.39 Å². The van der Waals surface area contributed by atoms with Crippen LogP contribution in [0, 0.1) is 5.82 Å². The van der Waals surface area contributed by atoms with Crippen molar-refractivity contribution in [1.82, 2.24) is 4.90 Å². The molecule has 0 bridgehead atoms. The number of amides is 1. The molecule has 0 aromatic heterocycles. The Bertz CT molecular complexity index is 398. The normalized spacial score (nSPS) is 10.1. The van der Waals surface area contributed by atoms with Crippen LogP contribution in [0.5, 0.6) is 5.75 Å². The summed E-state index contributed by atoms with van der Waals surface area (Å²) in [5.74, 6) is -0.216. The highest BCUT2D eigenvalue weighted by molar-refractivity contribution is 6.18. The lowest BCUT2D eigenvalue weighted by Crippen LogP contribution is -2.32. The maximum Gasteiger partial charge on any atom is 0.254 e. The summed E-state index contributed by atoms with van der Waals surface area (Å²) in [4.78, 5) is 13.6. The van der Waals surface area contributed by atoms with Gasteiger partial charge >= 0.3 is 0 Å². The molecule has 17 heavy (non-hydrogen) atoms. The van der Waals surface area contributed by atoms with Gasteiger partial charge in [-0.3, -0.25) is 4.79 Å². The van der Waals surface area contributed by atoms with E-state index in [9.17, 15) is 9.18 Å². The van der Waals surface area contributed by atoms with Gasteiger partial charge in [-0.05, 0) is 25.1 Å². The first-order valence-corrected chi connectivity index (χ1v) is 5.86. The SMILES string of the molecule is CCN(CCCl)C(=O)c1ccc(F)c(OC)c1. The van der Waals surface area contributed by atoms with Crippen LogP contribution in [-0.4, -0.2) is 36.9 Å². The lowest BCUT2D eigenvalue weighted by atomic mass is 10.2. The molecule has 0 radical (unpaired) electrons. The van der Waals surface area contributed by atoms with Gasteiger partial charge in [0, 0.05) is 24.5 Å². The molecule has 0 saturated heterocycles. The summed E-state index contributed by atoms with van der Waals surface area (Å²) in [5.41, 5.74) is 0.398. The summed E-state index contributed by atoms with van der Waals surface area (Å²) in [6, 6.07) is 4.06. The minimum absolute atomic E-state index is 0.0674. The second-order valence-corrected chi connectivity index (χ2v) is 3.80. The van der Waals surface area contributed by atoms with Crippen LogP contribution >= 0.6 is 11.6 Å². The third-order valence-electron chi connectivity index (χ3n) is 2.42. The van der Waals surface area contributed by atoms with Gasteiger partial charge in [0.2, 0.25) is 0 Å². The second-order valence-electron chi connectivity index (χ2n) is 3.42. The molecule has 0 N–H and O–H groups in total. The molecule has 0 saturated carbocycles. The lowest BCUT2D eigenvalue weighted by Gasteiger charge is -2.19. The largest absolute Gasteiger partial charge is 0.494 e. The highest BCUT2D eigenvalue weighted by atomic mass is 35.5. The first kappa shape index (κ1) is 13.8. The van der Waals surface area contributed by atoms with Crippen LogP contribution < -0.4 is 4.74 Å². The number of alkyl halides is 1. The van der Waals surface area contributed by atoms with Crippen LogP contribution in [0.25, 0.3) is 0 Å². The Morgan fingerprint density at radius 1 is 1.53 bits per heavy atom. The fourth-order valence-corrected chi connectivity index (χ4v) is 1.68. The molecule has 1 aromatic rings. The monoisotopic (exact) mass is 259 g/mol. The Morgan fingerprint density at radius 3 is 2.76 bits per heavy atom. The van der Waals surface area contributed by atoms with E-state index in [-0.39, 0.29) is 11.7 Å². The van der Waals surface area contributed by atoms with Gasteiger partial charge in [-0.1, -0.05) is 0 Å². The maximum absolute atomic E-state index is 13.2. The molecule has 5 heteroatoms. The van der Waals surface area contributed by atoms with Crippen molar-refractivity contribution >= 4 is 17.5 Å². The van der Waals surface area contributed by atoms with Crippen LogP contribution in [0.15, 0.2) is 18.2 Å². The Balaban J connectivity index is 2.95. The summed E-state index contributed by atoms with van der Waals surface area (Å²) in [6.07, 6.45) is 0. The van der Waals surface area contributed by atoms with Gasteiger partial charge in [0.1, 0.15) is 0 Å². The summed E-state index contributed by atoms with van der Waals surface area (Å²) in [6.45, 7) is 2.90. The first-order chi connectivity index (χ1) is 8.13. The molecule has 0 fully saturated rings. The van der Waals surface area contributed by atoms with E-state index in [4.69, 9.17) is 16.3 Å². The molecule has 0 aliphatic heterocycles. The number of carbonyl (C=O) groups excluding carboxylic acids is 1. The number of halogens is 2. The van der Waals surface area contributed by atoms with E-state index in [1.54, 1.807) is 4.90 Å². The van der Waals surface area contributed by atoms with Gasteiger partial charge < -0.3 is 9.64 Å². The standard InChI is InChI=1S/C12H15ClFNO2/c1-3-15(7-6-13)12(16)9-4-5-10(14)11(8-9)17-2/h4-5,8H,3,6-7H2,1-2H3. The van der Waals surface area contributed by atoms with Crippen LogP contribution in [0.2, 0.25) is 0 Å². The molecule has 1 amide bonds. The highest BCUT2D eigenvalue weighted by Gasteiger charge is 2.15. The molecule has 0 unspecified atom stereocenters.